The van der Waals surface area contributed by atoms with E-state index in [4.69, 9.17) is 5.11 Å². The lowest BCUT2D eigenvalue weighted by atomic mass is 10.3. The van der Waals surface area contributed by atoms with Gasteiger partial charge in [-0.25, -0.2) is 0 Å². The molecule has 1 N–H and O–H groups in total. The molecule has 17 heavy (non-hydrogen) atoms. The van der Waals surface area contributed by atoms with Gasteiger partial charge in [-0.15, -0.1) is 0 Å². The van der Waals surface area contributed by atoms with Gasteiger partial charge < -0.3 is 14.6 Å². The quantitative estimate of drug-likeness (QED) is 0.867. The van der Waals surface area contributed by atoms with Gasteiger partial charge in [0.25, 0.3) is 5.91 Å². The summed E-state index contributed by atoms with van der Waals surface area (Å²) in [5, 5.41) is 8.68. The van der Waals surface area contributed by atoms with Gasteiger partial charge in [-0.05, 0) is 12.1 Å². The molecule has 0 saturated carbocycles. The first-order valence-electron chi connectivity index (χ1n) is 4.93. The highest BCUT2D eigenvalue weighted by molar-refractivity contribution is 5.92. The number of halogens is 3. The van der Waals surface area contributed by atoms with Crippen LogP contribution in [0.5, 0.6) is 0 Å². The maximum absolute atomic E-state index is 12.2. The lowest BCUT2D eigenvalue weighted by Gasteiger charge is -2.23. The molecule has 96 valence electrons. The number of amides is 1. The Kier molecular flexibility index (Phi) is 4.17. The van der Waals surface area contributed by atoms with Crippen molar-refractivity contribution in [3.05, 3.63) is 24.0 Å². The fraction of sp³-hybridized carbons (Fsp3) is 0.500. The van der Waals surface area contributed by atoms with Crippen LogP contribution in [0.3, 0.4) is 0 Å². The predicted octanol–water partition coefficient (Wildman–Crippen LogP) is 1.02. The third kappa shape index (κ3) is 3.77. The van der Waals surface area contributed by atoms with Crippen molar-refractivity contribution in [1.29, 1.82) is 0 Å². The van der Waals surface area contributed by atoms with Gasteiger partial charge in [0.05, 0.1) is 6.61 Å². The summed E-state index contributed by atoms with van der Waals surface area (Å²) < 4.78 is 38.2. The van der Waals surface area contributed by atoms with Crippen molar-refractivity contribution in [2.24, 2.45) is 7.05 Å². The Labute approximate surface area is 96.3 Å². The lowest BCUT2D eigenvalue weighted by molar-refractivity contribution is -0.141. The molecule has 0 atom stereocenters. The van der Waals surface area contributed by atoms with Crippen LogP contribution in [0, 0.1) is 0 Å². The van der Waals surface area contributed by atoms with Crippen LogP contribution in [0.15, 0.2) is 18.3 Å². The van der Waals surface area contributed by atoms with E-state index < -0.39 is 25.2 Å². The van der Waals surface area contributed by atoms with E-state index in [1.165, 1.54) is 10.6 Å². The number of aromatic nitrogens is 1. The number of carbonyl (C=O) groups is 1. The van der Waals surface area contributed by atoms with Crippen molar-refractivity contribution in [3.63, 3.8) is 0 Å². The molecule has 7 heteroatoms. The number of carbonyl (C=O) groups excluding carboxylic acids is 1. The molecule has 1 amide bonds. The second-order valence-corrected chi connectivity index (χ2v) is 3.57. The van der Waals surface area contributed by atoms with Crippen molar-refractivity contribution in [1.82, 2.24) is 9.47 Å². The third-order valence-corrected chi connectivity index (χ3v) is 2.19. The van der Waals surface area contributed by atoms with Crippen molar-refractivity contribution in [2.45, 2.75) is 6.18 Å². The molecule has 1 aromatic rings. The zero-order valence-corrected chi connectivity index (χ0v) is 9.24. The van der Waals surface area contributed by atoms with Crippen LogP contribution in [-0.2, 0) is 7.05 Å². The van der Waals surface area contributed by atoms with E-state index in [0.717, 1.165) is 0 Å². The molecule has 0 aliphatic heterocycles. The number of alkyl halides is 3. The Bertz CT molecular complexity index is 387. The summed E-state index contributed by atoms with van der Waals surface area (Å²) in [5.74, 6) is -0.746. The number of aliphatic hydroxyl groups is 1. The average molecular weight is 250 g/mol. The topological polar surface area (TPSA) is 45.5 Å². The fourth-order valence-electron chi connectivity index (χ4n) is 1.43. The normalized spacial score (nSPS) is 11.6. The van der Waals surface area contributed by atoms with Crippen molar-refractivity contribution in [3.8, 4) is 0 Å². The molecule has 0 fully saturated rings. The van der Waals surface area contributed by atoms with Crippen molar-refractivity contribution in [2.75, 3.05) is 19.7 Å². The van der Waals surface area contributed by atoms with Gasteiger partial charge in [-0.1, -0.05) is 0 Å². The van der Waals surface area contributed by atoms with Gasteiger partial charge in [-0.3, -0.25) is 4.79 Å². The highest BCUT2D eigenvalue weighted by Crippen LogP contribution is 2.18. The highest BCUT2D eigenvalue weighted by Gasteiger charge is 2.33. The van der Waals surface area contributed by atoms with E-state index in [2.05, 4.69) is 0 Å². The summed E-state index contributed by atoms with van der Waals surface area (Å²) in [5.41, 5.74) is 0.155. The van der Waals surface area contributed by atoms with Crippen molar-refractivity contribution >= 4 is 5.91 Å². The molecular formula is C10H13F3N2O2. The van der Waals surface area contributed by atoms with Gasteiger partial charge >= 0.3 is 6.18 Å². The van der Waals surface area contributed by atoms with Crippen LogP contribution in [0.1, 0.15) is 10.5 Å². The Morgan fingerprint density at radius 3 is 2.59 bits per heavy atom. The van der Waals surface area contributed by atoms with Gasteiger partial charge in [0.2, 0.25) is 0 Å². The molecule has 0 spiro atoms. The van der Waals surface area contributed by atoms with E-state index in [0.29, 0.717) is 4.90 Å². The van der Waals surface area contributed by atoms with Crippen LogP contribution in [0.4, 0.5) is 13.2 Å². The Balaban J connectivity index is 2.84. The molecule has 4 nitrogen and oxygen atoms in total. The molecule has 1 rings (SSSR count). The molecule has 0 aliphatic rings. The summed E-state index contributed by atoms with van der Waals surface area (Å²) in [6.45, 7) is -2.21. The number of hydrogen-bond acceptors (Lipinski definition) is 2. The van der Waals surface area contributed by atoms with Gasteiger partial charge in [0.1, 0.15) is 12.2 Å². The molecule has 1 heterocycles. The van der Waals surface area contributed by atoms with Gasteiger partial charge in [-0.2, -0.15) is 13.2 Å². The van der Waals surface area contributed by atoms with Crippen molar-refractivity contribution < 1.29 is 23.1 Å². The highest BCUT2D eigenvalue weighted by atomic mass is 19.4. The first-order chi connectivity index (χ1) is 7.85. The molecule has 0 aromatic carbocycles. The molecule has 0 aliphatic carbocycles. The van der Waals surface area contributed by atoms with E-state index in [1.54, 1.807) is 19.3 Å². The largest absolute Gasteiger partial charge is 0.406 e. The lowest BCUT2D eigenvalue weighted by Crippen LogP contribution is -2.41. The summed E-state index contributed by atoms with van der Waals surface area (Å²) in [7, 11) is 1.57. The summed E-state index contributed by atoms with van der Waals surface area (Å²) in [6, 6.07) is 3.00. The monoisotopic (exact) mass is 250 g/mol. The summed E-state index contributed by atoms with van der Waals surface area (Å²) in [4.78, 5) is 12.4. The summed E-state index contributed by atoms with van der Waals surface area (Å²) >= 11 is 0. The van der Waals surface area contributed by atoms with Crippen LogP contribution < -0.4 is 0 Å². The van der Waals surface area contributed by atoms with Crippen LogP contribution in [0.2, 0.25) is 0 Å². The fourth-order valence-corrected chi connectivity index (χ4v) is 1.43. The number of hydrogen-bond donors (Lipinski definition) is 1. The van der Waals surface area contributed by atoms with Crippen LogP contribution in [-0.4, -0.2) is 46.4 Å². The minimum Gasteiger partial charge on any atom is -0.395 e. The Morgan fingerprint density at radius 2 is 2.18 bits per heavy atom. The SMILES string of the molecule is Cn1cccc1C(=O)N(CCO)CC(F)(F)F. The van der Waals surface area contributed by atoms with Crippen LogP contribution >= 0.6 is 0 Å². The molecule has 0 radical (unpaired) electrons. The predicted molar refractivity (Wildman–Crippen MR) is 54.5 cm³/mol. The first-order valence-corrected chi connectivity index (χ1v) is 4.93. The van der Waals surface area contributed by atoms with E-state index in [1.807, 2.05) is 0 Å². The number of aliphatic hydroxyl groups excluding tert-OH is 1. The third-order valence-electron chi connectivity index (χ3n) is 2.19. The van der Waals surface area contributed by atoms with E-state index >= 15 is 0 Å². The molecule has 0 saturated heterocycles. The second kappa shape index (κ2) is 5.22. The minimum atomic E-state index is -4.48. The Morgan fingerprint density at radius 1 is 1.53 bits per heavy atom. The van der Waals surface area contributed by atoms with E-state index in [9.17, 15) is 18.0 Å². The molecular weight excluding hydrogens is 237 g/mol. The van der Waals surface area contributed by atoms with E-state index in [-0.39, 0.29) is 12.2 Å². The number of aryl methyl sites for hydroxylation is 1. The maximum atomic E-state index is 12.2. The standard InChI is InChI=1S/C10H13F3N2O2/c1-14-4-2-3-8(14)9(17)15(5-6-16)7-10(11,12)13/h2-4,16H,5-7H2,1H3. The van der Waals surface area contributed by atoms with Gasteiger partial charge in [0.15, 0.2) is 0 Å². The summed E-state index contributed by atoms with van der Waals surface area (Å²) in [6.07, 6.45) is -2.91. The Hall–Kier alpha value is -1.50. The molecule has 0 bridgehead atoms. The molecule has 1 aromatic heterocycles. The number of rotatable bonds is 4. The number of nitrogens with zero attached hydrogens (tertiary/aromatic N) is 2. The minimum absolute atomic E-state index is 0.155. The zero-order valence-electron chi connectivity index (χ0n) is 9.24. The average Bonchev–Trinajstić information content (AvgIpc) is 2.61. The smallest absolute Gasteiger partial charge is 0.395 e. The van der Waals surface area contributed by atoms with Crippen LogP contribution in [0.25, 0.3) is 0 Å². The van der Waals surface area contributed by atoms with Gasteiger partial charge in [0, 0.05) is 19.8 Å². The maximum Gasteiger partial charge on any atom is 0.406 e. The first kappa shape index (κ1) is 13.6. The zero-order chi connectivity index (χ0) is 13.1. The molecule has 0 unspecified atom stereocenters. The second-order valence-electron chi connectivity index (χ2n) is 3.57.